The van der Waals surface area contributed by atoms with Gasteiger partial charge in [-0.1, -0.05) is 56.7 Å². The van der Waals surface area contributed by atoms with Gasteiger partial charge >= 0.3 is 0 Å². The van der Waals surface area contributed by atoms with Crippen LogP contribution in [0.15, 0.2) is 36.5 Å². The van der Waals surface area contributed by atoms with Crippen molar-refractivity contribution in [1.82, 2.24) is 4.98 Å². The Balaban J connectivity index is 0.000000124. The molecule has 1 heteroatoms. The zero-order valence-corrected chi connectivity index (χ0v) is 9.21. The van der Waals surface area contributed by atoms with Gasteiger partial charge in [-0.15, -0.1) is 0 Å². The molecule has 80 valence electrons. The maximum absolute atomic E-state index is 3.12. The van der Waals surface area contributed by atoms with Crippen LogP contribution in [0.25, 0.3) is 10.9 Å². The largest absolute Gasteiger partial charge is 0.361 e. The molecule has 1 nitrogen and oxygen atoms in total. The number of fused-ring (bicyclic) bond motifs is 1. The first-order valence-electron chi connectivity index (χ1n) is 5.99. The molecule has 0 unspecified atom stereocenters. The van der Waals surface area contributed by atoms with Gasteiger partial charge in [-0.2, -0.15) is 0 Å². The molecule has 3 rings (SSSR count). The molecule has 0 saturated heterocycles. The van der Waals surface area contributed by atoms with Crippen molar-refractivity contribution in [3.63, 3.8) is 0 Å². The minimum absolute atomic E-state index is 1.21. The molecule has 1 aromatic carbocycles. The van der Waals surface area contributed by atoms with Gasteiger partial charge in [0.2, 0.25) is 0 Å². The van der Waals surface area contributed by atoms with Crippen LogP contribution in [0.1, 0.15) is 38.5 Å². The highest BCUT2D eigenvalue weighted by Gasteiger charge is 1.95. The van der Waals surface area contributed by atoms with Gasteiger partial charge in [-0.25, -0.2) is 0 Å². The van der Waals surface area contributed by atoms with Crippen molar-refractivity contribution in [2.45, 2.75) is 38.5 Å². The number of benzene rings is 1. The number of aromatic amines is 1. The minimum atomic E-state index is 1.21. The second kappa shape index (κ2) is 5.59. The van der Waals surface area contributed by atoms with Crippen LogP contribution >= 0.6 is 0 Å². The topological polar surface area (TPSA) is 15.8 Å². The lowest BCUT2D eigenvalue weighted by Gasteiger charge is -2.05. The number of rotatable bonds is 0. The van der Waals surface area contributed by atoms with Crippen molar-refractivity contribution in [1.29, 1.82) is 0 Å². The summed E-state index contributed by atoms with van der Waals surface area (Å²) in [6.07, 6.45) is 10.9. The third kappa shape index (κ3) is 3.12. The van der Waals surface area contributed by atoms with E-state index in [2.05, 4.69) is 23.2 Å². The number of para-hydroxylation sites is 1. The Morgan fingerprint density at radius 1 is 0.733 bits per heavy atom. The Bertz CT molecular complexity index is 343. The normalized spacial score (nSPS) is 15.7. The van der Waals surface area contributed by atoms with Crippen LogP contribution in [0.2, 0.25) is 0 Å². The van der Waals surface area contributed by atoms with Crippen LogP contribution in [-0.4, -0.2) is 4.98 Å². The van der Waals surface area contributed by atoms with E-state index in [1.54, 1.807) is 0 Å². The summed E-state index contributed by atoms with van der Waals surface area (Å²) in [7, 11) is 0. The minimum Gasteiger partial charge on any atom is -0.361 e. The molecule has 1 aliphatic carbocycles. The van der Waals surface area contributed by atoms with E-state index >= 15 is 0 Å². The van der Waals surface area contributed by atoms with Crippen LogP contribution in [0.5, 0.6) is 0 Å². The van der Waals surface area contributed by atoms with Gasteiger partial charge in [-0.3, -0.25) is 0 Å². The Kier molecular flexibility index (Phi) is 3.84. The lowest BCUT2D eigenvalue weighted by molar-refractivity contribution is 0.504. The molecule has 0 amide bonds. The van der Waals surface area contributed by atoms with Crippen LogP contribution in [0.4, 0.5) is 0 Å². The Morgan fingerprint density at radius 2 is 1.33 bits per heavy atom. The van der Waals surface area contributed by atoms with Crippen LogP contribution in [-0.2, 0) is 0 Å². The van der Waals surface area contributed by atoms with E-state index in [1.165, 1.54) is 49.4 Å². The molecule has 0 aliphatic heterocycles. The first-order valence-corrected chi connectivity index (χ1v) is 5.99. The Morgan fingerprint density at radius 3 is 1.93 bits per heavy atom. The third-order valence-electron chi connectivity index (χ3n) is 2.96. The number of hydrogen-bond acceptors (Lipinski definition) is 0. The molecule has 0 atom stereocenters. The van der Waals surface area contributed by atoms with Crippen LogP contribution in [0, 0.1) is 0 Å². The second-order valence-corrected chi connectivity index (χ2v) is 4.19. The SMILES string of the molecule is C1CCCCC1.c1ccc2[nH]ccc2c1. The fourth-order valence-electron chi connectivity index (χ4n) is 2.06. The van der Waals surface area contributed by atoms with Gasteiger partial charge in [0.1, 0.15) is 0 Å². The zero-order chi connectivity index (χ0) is 10.3. The quantitative estimate of drug-likeness (QED) is 0.645. The van der Waals surface area contributed by atoms with Gasteiger partial charge in [-0.05, 0) is 17.5 Å². The van der Waals surface area contributed by atoms with Crippen LogP contribution in [0.3, 0.4) is 0 Å². The molecule has 0 radical (unpaired) electrons. The van der Waals surface area contributed by atoms with E-state index in [9.17, 15) is 0 Å². The summed E-state index contributed by atoms with van der Waals surface area (Å²) in [4.78, 5) is 3.12. The number of nitrogens with one attached hydrogen (secondary N) is 1. The smallest absolute Gasteiger partial charge is 0.0453 e. The summed E-state index contributed by atoms with van der Waals surface area (Å²) in [6.45, 7) is 0. The third-order valence-corrected chi connectivity index (χ3v) is 2.96. The molecule has 0 bridgehead atoms. The predicted molar refractivity (Wildman–Crippen MR) is 66.0 cm³/mol. The van der Waals surface area contributed by atoms with E-state index in [4.69, 9.17) is 0 Å². The van der Waals surface area contributed by atoms with E-state index < -0.39 is 0 Å². The van der Waals surface area contributed by atoms with Crippen molar-refractivity contribution in [2.24, 2.45) is 0 Å². The lowest BCUT2D eigenvalue weighted by Crippen LogP contribution is -1.85. The van der Waals surface area contributed by atoms with E-state index in [1.807, 2.05) is 18.3 Å². The van der Waals surface area contributed by atoms with E-state index in [0.29, 0.717) is 0 Å². The first kappa shape index (κ1) is 10.3. The van der Waals surface area contributed by atoms with Gasteiger partial charge in [0.15, 0.2) is 0 Å². The molecule has 15 heavy (non-hydrogen) atoms. The highest BCUT2D eigenvalue weighted by Crippen LogP contribution is 2.15. The fraction of sp³-hybridized carbons (Fsp3) is 0.429. The molecule has 2 aromatic rings. The van der Waals surface area contributed by atoms with E-state index in [0.717, 1.165) is 0 Å². The number of H-pyrrole nitrogens is 1. The maximum Gasteiger partial charge on any atom is 0.0453 e. The summed E-state index contributed by atoms with van der Waals surface area (Å²) in [6, 6.07) is 10.3. The standard InChI is InChI=1S/C8H7N.C6H12/c1-2-4-8-7(3-1)5-6-9-8;1-2-4-6-5-3-1/h1-6,9H;1-6H2. The second-order valence-electron chi connectivity index (χ2n) is 4.19. The van der Waals surface area contributed by atoms with Crippen LogP contribution < -0.4 is 0 Å². The summed E-state index contributed by atoms with van der Waals surface area (Å²) >= 11 is 0. The van der Waals surface area contributed by atoms with Crippen molar-refractivity contribution in [3.05, 3.63) is 36.5 Å². The monoisotopic (exact) mass is 201 g/mol. The molecule has 1 fully saturated rings. The van der Waals surface area contributed by atoms with Crippen molar-refractivity contribution in [3.8, 4) is 0 Å². The molecule has 0 spiro atoms. The van der Waals surface area contributed by atoms with Gasteiger partial charge in [0.05, 0.1) is 0 Å². The van der Waals surface area contributed by atoms with Gasteiger partial charge in [0, 0.05) is 11.7 Å². The van der Waals surface area contributed by atoms with Gasteiger partial charge in [0.25, 0.3) is 0 Å². The average molecular weight is 201 g/mol. The van der Waals surface area contributed by atoms with Crippen molar-refractivity contribution >= 4 is 10.9 Å². The summed E-state index contributed by atoms with van der Waals surface area (Å²) in [5.41, 5.74) is 1.21. The molecule has 1 aliphatic rings. The average Bonchev–Trinajstić information content (AvgIpc) is 2.80. The van der Waals surface area contributed by atoms with Gasteiger partial charge < -0.3 is 4.98 Å². The highest BCUT2D eigenvalue weighted by atomic mass is 14.6. The molecule has 1 heterocycles. The van der Waals surface area contributed by atoms with Crippen molar-refractivity contribution < 1.29 is 0 Å². The highest BCUT2D eigenvalue weighted by molar-refractivity contribution is 5.78. The molecule has 1 N–H and O–H groups in total. The lowest BCUT2D eigenvalue weighted by atomic mass is 10.0. The molecule has 1 aromatic heterocycles. The summed E-state index contributed by atoms with van der Waals surface area (Å²) in [5.74, 6) is 0. The van der Waals surface area contributed by atoms with E-state index in [-0.39, 0.29) is 0 Å². The Labute approximate surface area is 91.5 Å². The predicted octanol–water partition coefficient (Wildman–Crippen LogP) is 4.51. The first-order chi connectivity index (χ1) is 7.47. The maximum atomic E-state index is 3.12. The zero-order valence-electron chi connectivity index (χ0n) is 9.21. The summed E-state index contributed by atoms with van der Waals surface area (Å²) < 4.78 is 0. The molecular weight excluding hydrogens is 182 g/mol. The molecular formula is C14H19N. The molecule has 1 saturated carbocycles. The fourth-order valence-corrected chi connectivity index (χ4v) is 2.06. The number of aromatic nitrogens is 1. The summed E-state index contributed by atoms with van der Waals surface area (Å²) in [5, 5.41) is 1.28. The Hall–Kier alpha value is -1.24. The number of hydrogen-bond donors (Lipinski definition) is 1. The van der Waals surface area contributed by atoms with Crippen molar-refractivity contribution in [2.75, 3.05) is 0 Å².